The van der Waals surface area contributed by atoms with Crippen LogP contribution in [0.15, 0.2) is 30.3 Å². The zero-order chi connectivity index (χ0) is 11.0. The fraction of sp³-hybridized carbons (Fsp3) is 0.500. The Morgan fingerprint density at radius 2 is 1.81 bits per heavy atom. The Morgan fingerprint density at radius 3 is 2.44 bits per heavy atom. The van der Waals surface area contributed by atoms with Crippen LogP contribution in [0.25, 0.3) is 0 Å². The van der Waals surface area contributed by atoms with Crippen molar-refractivity contribution in [2.24, 2.45) is 5.92 Å². The van der Waals surface area contributed by atoms with Crippen molar-refractivity contribution in [1.82, 2.24) is 0 Å². The van der Waals surface area contributed by atoms with Crippen molar-refractivity contribution < 1.29 is 9.28 Å². The van der Waals surface area contributed by atoms with Crippen LogP contribution in [-0.4, -0.2) is 29.9 Å². The third-order valence-electron chi connectivity index (χ3n) is 4.21. The average molecular weight is 216 g/mol. The van der Waals surface area contributed by atoms with Crippen LogP contribution in [0.5, 0.6) is 0 Å². The summed E-state index contributed by atoms with van der Waals surface area (Å²) in [6.07, 6.45) is 2.23. The van der Waals surface area contributed by atoms with Gasteiger partial charge < -0.3 is 4.48 Å². The molecule has 0 aliphatic carbocycles. The molecule has 1 aromatic carbocycles. The van der Waals surface area contributed by atoms with Crippen LogP contribution in [0.1, 0.15) is 18.4 Å². The van der Waals surface area contributed by atoms with Gasteiger partial charge >= 0.3 is 0 Å². The van der Waals surface area contributed by atoms with Gasteiger partial charge in [0, 0.05) is 24.3 Å². The second-order valence-corrected chi connectivity index (χ2v) is 5.33. The number of nitrogens with zero attached hydrogens (tertiary/aromatic N) is 1. The van der Waals surface area contributed by atoms with Crippen molar-refractivity contribution in [3.63, 3.8) is 0 Å². The Morgan fingerprint density at radius 1 is 1.12 bits per heavy atom. The number of Topliss-reactive ketones (excluding diaryl/α,β-unsaturated/α-hetero) is 1. The zero-order valence-corrected chi connectivity index (χ0v) is 9.56. The third-order valence-corrected chi connectivity index (χ3v) is 4.21. The monoisotopic (exact) mass is 216 g/mol. The van der Waals surface area contributed by atoms with Gasteiger partial charge in [-0.3, -0.25) is 4.79 Å². The third kappa shape index (κ3) is 1.67. The van der Waals surface area contributed by atoms with Crippen LogP contribution in [0.2, 0.25) is 0 Å². The molecule has 3 heterocycles. The number of benzene rings is 1. The highest BCUT2D eigenvalue weighted by Crippen LogP contribution is 2.32. The van der Waals surface area contributed by atoms with Gasteiger partial charge in [0.05, 0.1) is 13.1 Å². The van der Waals surface area contributed by atoms with Gasteiger partial charge in [-0.05, 0) is 0 Å². The minimum atomic E-state index is 0.399. The largest absolute Gasteiger partial charge is 0.314 e. The molecule has 2 heteroatoms. The lowest BCUT2D eigenvalue weighted by Gasteiger charge is -2.48. The molecule has 0 unspecified atom stereocenters. The molecule has 3 fully saturated rings. The van der Waals surface area contributed by atoms with Crippen molar-refractivity contribution in [3.05, 3.63) is 35.9 Å². The van der Waals surface area contributed by atoms with Crippen LogP contribution in [0.3, 0.4) is 0 Å². The number of ketones is 1. The van der Waals surface area contributed by atoms with Crippen LogP contribution in [0, 0.1) is 5.92 Å². The van der Waals surface area contributed by atoms with E-state index < -0.39 is 0 Å². The summed E-state index contributed by atoms with van der Waals surface area (Å²) in [4.78, 5) is 11.8. The molecular formula is C14H18NO+. The number of hydrogen-bond acceptors (Lipinski definition) is 1. The standard InChI is InChI=1S/C14H18NO/c16-14-11-15(8-6-13(14)7-9-15)10-12-4-2-1-3-5-12/h1-5,13H,6-11H2/q+1. The van der Waals surface area contributed by atoms with Gasteiger partial charge in [0.1, 0.15) is 13.1 Å². The summed E-state index contributed by atoms with van der Waals surface area (Å²) in [5, 5.41) is 0. The fourth-order valence-corrected chi connectivity index (χ4v) is 3.24. The van der Waals surface area contributed by atoms with Gasteiger partial charge in [0.15, 0.2) is 5.78 Å². The lowest BCUT2D eigenvalue weighted by Crippen LogP contribution is -2.61. The van der Waals surface area contributed by atoms with Crippen LogP contribution in [0.4, 0.5) is 0 Å². The van der Waals surface area contributed by atoms with Gasteiger partial charge in [-0.2, -0.15) is 0 Å². The first-order valence-corrected chi connectivity index (χ1v) is 6.19. The molecule has 2 bridgehead atoms. The van der Waals surface area contributed by atoms with Gasteiger partial charge in [-0.25, -0.2) is 0 Å². The normalized spacial score (nSPS) is 33.0. The number of rotatable bonds is 2. The van der Waals surface area contributed by atoms with E-state index in [0.717, 1.165) is 30.4 Å². The summed E-state index contributed by atoms with van der Waals surface area (Å²) in [6, 6.07) is 10.6. The minimum Gasteiger partial charge on any atom is -0.314 e. The SMILES string of the molecule is O=C1C[N+]2(Cc3ccccc3)CCC1CC2. The molecular weight excluding hydrogens is 198 g/mol. The van der Waals surface area contributed by atoms with Crippen LogP contribution in [-0.2, 0) is 11.3 Å². The summed E-state index contributed by atoms with van der Waals surface area (Å²) in [6.45, 7) is 4.22. The van der Waals surface area contributed by atoms with Crippen LogP contribution >= 0.6 is 0 Å². The van der Waals surface area contributed by atoms with Gasteiger partial charge in [0.2, 0.25) is 0 Å². The number of fused-ring (bicyclic) bond motifs is 3. The number of piperidine rings is 3. The van der Waals surface area contributed by atoms with Gasteiger partial charge in [0.25, 0.3) is 0 Å². The zero-order valence-electron chi connectivity index (χ0n) is 9.56. The molecule has 0 aromatic heterocycles. The van der Waals surface area contributed by atoms with E-state index in [2.05, 4.69) is 30.3 Å². The summed E-state index contributed by atoms with van der Waals surface area (Å²) >= 11 is 0. The highest BCUT2D eigenvalue weighted by Gasteiger charge is 2.44. The Kier molecular flexibility index (Phi) is 2.32. The molecule has 0 amide bonds. The Hall–Kier alpha value is -1.15. The Labute approximate surface area is 96.5 Å². The predicted molar refractivity (Wildman–Crippen MR) is 62.7 cm³/mol. The first kappa shape index (κ1) is 10.0. The Bertz CT molecular complexity index is 390. The second kappa shape index (κ2) is 3.70. The highest BCUT2D eigenvalue weighted by molar-refractivity contribution is 5.83. The maximum Gasteiger partial charge on any atom is 0.190 e. The molecule has 0 saturated carbocycles. The molecule has 1 aromatic rings. The topological polar surface area (TPSA) is 17.1 Å². The van der Waals surface area contributed by atoms with E-state index in [1.54, 1.807) is 0 Å². The highest BCUT2D eigenvalue weighted by atomic mass is 16.1. The molecule has 3 saturated heterocycles. The van der Waals surface area contributed by atoms with Crippen molar-refractivity contribution in [1.29, 1.82) is 0 Å². The number of carbonyl (C=O) groups excluding carboxylic acids is 1. The quantitative estimate of drug-likeness (QED) is 0.691. The number of hydrogen-bond donors (Lipinski definition) is 0. The first-order chi connectivity index (χ1) is 7.77. The van der Waals surface area contributed by atoms with E-state index in [1.807, 2.05) is 0 Å². The van der Waals surface area contributed by atoms with Crippen molar-refractivity contribution in [3.8, 4) is 0 Å². The maximum atomic E-state index is 11.8. The summed E-state index contributed by atoms with van der Waals surface area (Å²) in [7, 11) is 0. The van der Waals surface area contributed by atoms with E-state index in [4.69, 9.17) is 0 Å². The molecule has 0 spiro atoms. The smallest absolute Gasteiger partial charge is 0.190 e. The van der Waals surface area contributed by atoms with Crippen molar-refractivity contribution >= 4 is 5.78 Å². The second-order valence-electron chi connectivity index (χ2n) is 5.33. The summed E-state index contributed by atoms with van der Waals surface area (Å²) in [5.74, 6) is 0.907. The van der Waals surface area contributed by atoms with E-state index in [-0.39, 0.29) is 0 Å². The molecule has 2 nitrogen and oxygen atoms in total. The number of quaternary nitrogens is 1. The lowest BCUT2D eigenvalue weighted by molar-refractivity contribution is -0.943. The van der Waals surface area contributed by atoms with Gasteiger partial charge in [-0.1, -0.05) is 30.3 Å². The van der Waals surface area contributed by atoms with Gasteiger partial charge in [-0.15, -0.1) is 0 Å². The van der Waals surface area contributed by atoms with E-state index in [0.29, 0.717) is 11.7 Å². The Balaban J connectivity index is 1.81. The summed E-state index contributed by atoms with van der Waals surface area (Å²) in [5.41, 5.74) is 1.37. The van der Waals surface area contributed by atoms with E-state index in [1.165, 1.54) is 18.7 Å². The van der Waals surface area contributed by atoms with Crippen molar-refractivity contribution in [2.45, 2.75) is 19.4 Å². The molecule has 0 N–H and O–H groups in total. The first-order valence-electron chi connectivity index (χ1n) is 6.19. The molecule has 84 valence electrons. The summed E-state index contributed by atoms with van der Waals surface area (Å²) < 4.78 is 1.01. The lowest BCUT2D eigenvalue weighted by atomic mass is 9.84. The molecule has 3 aliphatic heterocycles. The average Bonchev–Trinajstić information content (AvgIpc) is 2.31. The molecule has 4 rings (SSSR count). The number of carbonyl (C=O) groups is 1. The fourth-order valence-electron chi connectivity index (χ4n) is 3.24. The van der Waals surface area contributed by atoms with E-state index >= 15 is 0 Å². The molecule has 0 atom stereocenters. The molecule has 16 heavy (non-hydrogen) atoms. The maximum absolute atomic E-state index is 11.8. The molecule has 0 radical (unpaired) electrons. The molecule has 3 aliphatic rings. The predicted octanol–water partition coefficient (Wildman–Crippen LogP) is 2.00. The van der Waals surface area contributed by atoms with E-state index in [9.17, 15) is 4.79 Å². The van der Waals surface area contributed by atoms with Crippen LogP contribution < -0.4 is 0 Å². The minimum absolute atomic E-state index is 0.399. The van der Waals surface area contributed by atoms with Crippen molar-refractivity contribution in [2.75, 3.05) is 19.6 Å².